The number of halogens is 1. The molecule has 3 fully saturated rings. The first kappa shape index (κ1) is 22.7. The van der Waals surface area contributed by atoms with E-state index in [1.54, 1.807) is 6.08 Å². The molecule has 8 atom stereocenters. The zero-order valence-electron chi connectivity index (χ0n) is 18.5. The van der Waals surface area contributed by atoms with Gasteiger partial charge in [0.1, 0.15) is 5.60 Å². The first-order valence-corrected chi connectivity index (χ1v) is 11.4. The van der Waals surface area contributed by atoms with Crippen molar-refractivity contribution in [3.05, 3.63) is 23.8 Å². The van der Waals surface area contributed by atoms with Crippen LogP contribution in [0.15, 0.2) is 23.8 Å². The highest BCUT2D eigenvalue weighted by Gasteiger charge is 2.74. The number of aliphatic hydroxyl groups is 2. The van der Waals surface area contributed by atoms with Crippen molar-refractivity contribution < 1.29 is 29.3 Å². The van der Waals surface area contributed by atoms with E-state index in [2.05, 4.69) is 0 Å². The summed E-state index contributed by atoms with van der Waals surface area (Å²) in [7, 11) is 0. The van der Waals surface area contributed by atoms with E-state index in [4.69, 9.17) is 16.3 Å². The van der Waals surface area contributed by atoms with E-state index in [1.165, 1.54) is 13.0 Å². The smallest absolute Gasteiger partial charge is 0.303 e. The minimum absolute atomic E-state index is 0.0683. The molecule has 0 bridgehead atoms. The Morgan fingerprint density at radius 3 is 2.61 bits per heavy atom. The van der Waals surface area contributed by atoms with Gasteiger partial charge >= 0.3 is 5.97 Å². The van der Waals surface area contributed by atoms with Crippen LogP contribution in [0, 0.1) is 28.6 Å². The van der Waals surface area contributed by atoms with Crippen LogP contribution in [0.4, 0.5) is 0 Å². The molecule has 0 saturated heterocycles. The predicted octanol–water partition coefficient (Wildman–Crippen LogP) is 2.74. The number of rotatable bonds is 3. The number of Topliss-reactive ketones (excluding diaryl/α,β-unsaturated/α-hetero) is 1. The average molecular weight is 451 g/mol. The standard InChI is InChI=1S/C24H31ClO6/c1-13-9-18-17-6-5-15-10-16(27)7-8-21(15,3)23(17,25)19(28)11-22(18,4)24(13,30)20(29)12-31-14(2)26/h7-8,10,13,17-19,28,30H,5-6,9,11-12H2,1-4H3/t13-,17-,18-,19-,21-,22-,23-,24-/m0/s1. The minimum atomic E-state index is -1.72. The van der Waals surface area contributed by atoms with Crippen LogP contribution in [0.5, 0.6) is 0 Å². The Morgan fingerprint density at radius 1 is 1.29 bits per heavy atom. The zero-order valence-corrected chi connectivity index (χ0v) is 19.2. The third kappa shape index (κ3) is 2.74. The van der Waals surface area contributed by atoms with Crippen molar-refractivity contribution in [2.24, 2.45) is 28.6 Å². The third-order valence-corrected chi connectivity index (χ3v) is 9.98. The monoisotopic (exact) mass is 450 g/mol. The van der Waals surface area contributed by atoms with Gasteiger partial charge in [-0.25, -0.2) is 0 Å². The Hall–Kier alpha value is -1.50. The molecule has 0 aromatic carbocycles. The van der Waals surface area contributed by atoms with Gasteiger partial charge < -0.3 is 14.9 Å². The van der Waals surface area contributed by atoms with E-state index >= 15 is 0 Å². The summed E-state index contributed by atoms with van der Waals surface area (Å²) in [4.78, 5) is 35.3. The summed E-state index contributed by atoms with van der Waals surface area (Å²) in [6.45, 7) is 6.42. The largest absolute Gasteiger partial charge is 0.458 e. The first-order valence-electron chi connectivity index (χ1n) is 11.0. The fourth-order valence-electron chi connectivity index (χ4n) is 7.42. The Balaban J connectivity index is 1.76. The van der Waals surface area contributed by atoms with Crippen LogP contribution in [0.3, 0.4) is 0 Å². The van der Waals surface area contributed by atoms with Gasteiger partial charge in [0.15, 0.2) is 12.4 Å². The van der Waals surface area contributed by atoms with Crippen molar-refractivity contribution in [3.63, 3.8) is 0 Å². The number of ketones is 2. The fourth-order valence-corrected chi connectivity index (χ4v) is 7.94. The molecule has 0 radical (unpaired) electrons. The predicted molar refractivity (Wildman–Crippen MR) is 114 cm³/mol. The number of alkyl halides is 1. The Labute approximate surface area is 187 Å². The Kier molecular flexibility index (Phi) is 5.12. The highest BCUT2D eigenvalue weighted by atomic mass is 35.5. The summed E-state index contributed by atoms with van der Waals surface area (Å²) in [5, 5.41) is 23.2. The normalized spacial score (nSPS) is 48.4. The number of hydrogen-bond donors (Lipinski definition) is 2. The maximum Gasteiger partial charge on any atom is 0.303 e. The average Bonchev–Trinajstić information content (AvgIpc) is 2.89. The van der Waals surface area contributed by atoms with Crippen molar-refractivity contribution >= 4 is 29.1 Å². The van der Waals surface area contributed by atoms with Crippen LogP contribution >= 0.6 is 11.6 Å². The second-order valence-corrected chi connectivity index (χ2v) is 11.0. The molecule has 31 heavy (non-hydrogen) atoms. The number of esters is 1. The van der Waals surface area contributed by atoms with E-state index in [0.29, 0.717) is 19.3 Å². The van der Waals surface area contributed by atoms with E-state index in [0.717, 1.165) is 5.57 Å². The summed E-state index contributed by atoms with van der Waals surface area (Å²) >= 11 is 7.35. The van der Waals surface area contributed by atoms with Gasteiger partial charge in [0.25, 0.3) is 0 Å². The van der Waals surface area contributed by atoms with Gasteiger partial charge in [0, 0.05) is 17.8 Å². The van der Waals surface area contributed by atoms with Crippen LogP contribution < -0.4 is 0 Å². The quantitative estimate of drug-likeness (QED) is 0.506. The van der Waals surface area contributed by atoms with Gasteiger partial charge in [0.2, 0.25) is 5.78 Å². The number of fused-ring (bicyclic) bond motifs is 5. The highest BCUT2D eigenvalue weighted by molar-refractivity contribution is 6.26. The van der Waals surface area contributed by atoms with Crippen LogP contribution in [0.25, 0.3) is 0 Å². The van der Waals surface area contributed by atoms with Crippen molar-refractivity contribution in [1.82, 2.24) is 0 Å². The van der Waals surface area contributed by atoms with Crippen LogP contribution in [0.2, 0.25) is 0 Å². The first-order chi connectivity index (χ1) is 14.3. The maximum absolute atomic E-state index is 13.1. The van der Waals surface area contributed by atoms with Crippen molar-refractivity contribution in [2.75, 3.05) is 6.61 Å². The molecule has 0 amide bonds. The lowest BCUT2D eigenvalue weighted by molar-refractivity contribution is -0.182. The van der Waals surface area contributed by atoms with E-state index in [1.807, 2.05) is 26.8 Å². The molecule has 6 nitrogen and oxygen atoms in total. The molecule has 0 aromatic rings. The molecule has 7 heteroatoms. The zero-order chi connectivity index (χ0) is 23.0. The molecular formula is C24H31ClO6. The SMILES string of the molecule is CC(=O)OCC(=O)[C@@]1(O)[C@@H](C)C[C@H]2[C@@H]3CCC4=CC(=O)C=C[C@]4(C)[C@@]3(Cl)[C@@H](O)C[C@@]21C. The number of carbonyl (C=O) groups is 3. The lowest BCUT2D eigenvalue weighted by Crippen LogP contribution is -2.69. The van der Waals surface area contributed by atoms with Crippen molar-refractivity contribution in [3.8, 4) is 0 Å². The molecule has 0 aliphatic heterocycles. The summed E-state index contributed by atoms with van der Waals surface area (Å²) in [5.74, 6) is -1.79. The van der Waals surface area contributed by atoms with Crippen molar-refractivity contribution in [1.29, 1.82) is 0 Å². The molecule has 170 valence electrons. The lowest BCUT2D eigenvalue weighted by atomic mass is 9.45. The van der Waals surface area contributed by atoms with Gasteiger partial charge in [0.05, 0.1) is 11.0 Å². The van der Waals surface area contributed by atoms with Gasteiger partial charge in [-0.2, -0.15) is 0 Å². The van der Waals surface area contributed by atoms with Crippen molar-refractivity contribution in [2.45, 2.75) is 70.0 Å². The van der Waals surface area contributed by atoms with Gasteiger partial charge in [-0.3, -0.25) is 14.4 Å². The molecule has 0 heterocycles. The van der Waals surface area contributed by atoms with Crippen LogP contribution in [-0.4, -0.2) is 50.9 Å². The summed E-state index contributed by atoms with van der Waals surface area (Å²) < 4.78 is 4.92. The summed E-state index contributed by atoms with van der Waals surface area (Å²) in [5.41, 5.74) is -2.38. The minimum Gasteiger partial charge on any atom is -0.458 e. The summed E-state index contributed by atoms with van der Waals surface area (Å²) in [6.07, 6.45) is 6.07. The van der Waals surface area contributed by atoms with Gasteiger partial charge in [-0.1, -0.05) is 32.4 Å². The molecule has 4 aliphatic carbocycles. The molecule has 0 spiro atoms. The topological polar surface area (TPSA) is 101 Å². The lowest BCUT2D eigenvalue weighted by Gasteiger charge is -2.63. The number of ether oxygens (including phenoxy) is 1. The Morgan fingerprint density at radius 2 is 1.97 bits per heavy atom. The fraction of sp³-hybridized carbons (Fsp3) is 0.708. The molecule has 0 aromatic heterocycles. The van der Waals surface area contributed by atoms with Crippen LogP contribution in [-0.2, 0) is 19.1 Å². The number of hydrogen-bond acceptors (Lipinski definition) is 6. The molecule has 0 unspecified atom stereocenters. The molecule has 3 saturated carbocycles. The second-order valence-electron chi connectivity index (χ2n) is 10.4. The third-order valence-electron chi connectivity index (χ3n) is 9.05. The maximum atomic E-state index is 13.1. The van der Waals surface area contributed by atoms with E-state index < -0.39 is 45.8 Å². The molecular weight excluding hydrogens is 420 g/mol. The second kappa shape index (κ2) is 7.00. The highest BCUT2D eigenvalue weighted by Crippen LogP contribution is 2.71. The molecule has 4 rings (SSSR count). The summed E-state index contributed by atoms with van der Waals surface area (Å²) in [6, 6.07) is 0. The number of allylic oxidation sites excluding steroid dienone is 4. The van der Waals surface area contributed by atoms with E-state index in [-0.39, 0.29) is 30.0 Å². The number of aliphatic hydroxyl groups excluding tert-OH is 1. The number of carbonyl (C=O) groups excluding carboxylic acids is 3. The Bertz CT molecular complexity index is 910. The molecule has 4 aliphatic rings. The van der Waals surface area contributed by atoms with Gasteiger partial charge in [-0.15, -0.1) is 11.6 Å². The van der Waals surface area contributed by atoms with E-state index in [9.17, 15) is 24.6 Å². The van der Waals surface area contributed by atoms with Gasteiger partial charge in [-0.05, 0) is 55.6 Å². The van der Waals surface area contributed by atoms with Crippen LogP contribution in [0.1, 0.15) is 53.4 Å². The molecule has 2 N–H and O–H groups in total.